The average molecular weight is 270 g/mol. The topological polar surface area (TPSA) is 35.2 Å². The monoisotopic (exact) mass is 269 g/mol. The van der Waals surface area contributed by atoms with E-state index in [1.54, 1.807) is 12.1 Å². The predicted molar refractivity (Wildman–Crippen MR) is 66.6 cm³/mol. The molecule has 5 heteroatoms. The quantitative estimate of drug-likeness (QED) is 0.861. The van der Waals surface area contributed by atoms with Crippen LogP contribution in [0.5, 0.6) is 5.75 Å². The molecule has 0 aliphatic heterocycles. The van der Waals surface area contributed by atoms with Gasteiger partial charge in [0.2, 0.25) is 0 Å². The summed E-state index contributed by atoms with van der Waals surface area (Å²) in [5.41, 5.74) is 5.68. The molecule has 0 saturated carbocycles. The molecule has 2 N–H and O–H groups in total. The summed E-state index contributed by atoms with van der Waals surface area (Å²) < 4.78 is 32.0. The Labute approximate surface area is 108 Å². The van der Waals surface area contributed by atoms with Gasteiger partial charge in [0.05, 0.1) is 10.7 Å². The SMILES string of the molecule is Nc1ccc(OCc2cccc(Cl)c2F)cc1F. The first-order valence-electron chi connectivity index (χ1n) is 5.18. The Morgan fingerprint density at radius 2 is 1.94 bits per heavy atom. The van der Waals surface area contributed by atoms with Gasteiger partial charge in [0.15, 0.2) is 0 Å². The van der Waals surface area contributed by atoms with Crippen LogP contribution in [0.1, 0.15) is 5.56 Å². The van der Waals surface area contributed by atoms with E-state index in [4.69, 9.17) is 22.1 Å². The lowest BCUT2D eigenvalue weighted by Crippen LogP contribution is -2.00. The Morgan fingerprint density at radius 1 is 1.17 bits per heavy atom. The van der Waals surface area contributed by atoms with Gasteiger partial charge in [0.25, 0.3) is 0 Å². The van der Waals surface area contributed by atoms with Crippen molar-refractivity contribution in [3.8, 4) is 5.75 Å². The summed E-state index contributed by atoms with van der Waals surface area (Å²) in [5.74, 6) is -0.824. The van der Waals surface area contributed by atoms with Crippen LogP contribution in [0.25, 0.3) is 0 Å². The summed E-state index contributed by atoms with van der Waals surface area (Å²) in [4.78, 5) is 0. The molecule has 0 aromatic heterocycles. The van der Waals surface area contributed by atoms with E-state index >= 15 is 0 Å². The van der Waals surface area contributed by atoms with Crippen molar-refractivity contribution in [1.29, 1.82) is 0 Å². The number of benzene rings is 2. The van der Waals surface area contributed by atoms with E-state index in [9.17, 15) is 8.78 Å². The fourth-order valence-corrected chi connectivity index (χ4v) is 1.61. The molecule has 2 aromatic carbocycles. The third-order valence-electron chi connectivity index (χ3n) is 2.40. The van der Waals surface area contributed by atoms with Gasteiger partial charge < -0.3 is 10.5 Å². The highest BCUT2D eigenvalue weighted by atomic mass is 35.5. The van der Waals surface area contributed by atoms with Gasteiger partial charge in [-0.3, -0.25) is 0 Å². The fraction of sp³-hybridized carbons (Fsp3) is 0.0769. The van der Waals surface area contributed by atoms with E-state index in [0.717, 1.165) is 6.07 Å². The minimum absolute atomic E-state index is 0.0274. The summed E-state index contributed by atoms with van der Waals surface area (Å²) in [5, 5.41) is 0.0274. The van der Waals surface area contributed by atoms with Crippen molar-refractivity contribution in [1.82, 2.24) is 0 Å². The maximum atomic E-state index is 13.5. The Morgan fingerprint density at radius 3 is 2.67 bits per heavy atom. The van der Waals surface area contributed by atoms with E-state index in [1.165, 1.54) is 18.2 Å². The summed E-state index contributed by atoms with van der Waals surface area (Å²) in [7, 11) is 0. The summed E-state index contributed by atoms with van der Waals surface area (Å²) in [6, 6.07) is 8.67. The number of halogens is 3. The van der Waals surface area contributed by atoms with Crippen LogP contribution in [0.2, 0.25) is 5.02 Å². The molecule has 0 unspecified atom stereocenters. The van der Waals surface area contributed by atoms with Crippen molar-refractivity contribution in [2.45, 2.75) is 6.61 Å². The fourth-order valence-electron chi connectivity index (χ4n) is 1.42. The van der Waals surface area contributed by atoms with E-state index in [-0.39, 0.29) is 23.1 Å². The van der Waals surface area contributed by atoms with Crippen LogP contribution < -0.4 is 10.5 Å². The van der Waals surface area contributed by atoms with Gasteiger partial charge in [-0.1, -0.05) is 23.7 Å². The average Bonchev–Trinajstić information content (AvgIpc) is 2.35. The molecule has 2 rings (SSSR count). The normalized spacial score (nSPS) is 10.4. The molecular formula is C13H10ClF2NO. The van der Waals surface area contributed by atoms with Crippen LogP contribution in [0.4, 0.5) is 14.5 Å². The zero-order valence-corrected chi connectivity index (χ0v) is 10.0. The number of nitrogen functional groups attached to an aromatic ring is 1. The zero-order valence-electron chi connectivity index (χ0n) is 9.29. The van der Waals surface area contributed by atoms with Crippen LogP contribution in [0, 0.1) is 11.6 Å². The van der Waals surface area contributed by atoms with Gasteiger partial charge in [-0.25, -0.2) is 8.78 Å². The molecule has 94 valence electrons. The van der Waals surface area contributed by atoms with Gasteiger partial charge >= 0.3 is 0 Å². The largest absolute Gasteiger partial charge is 0.489 e. The van der Waals surface area contributed by atoms with Gasteiger partial charge in [0, 0.05) is 11.6 Å². The number of hydrogen-bond acceptors (Lipinski definition) is 2. The molecule has 0 aliphatic carbocycles. The molecule has 0 fully saturated rings. The summed E-state index contributed by atoms with van der Waals surface area (Å²) in [6.07, 6.45) is 0. The second-order valence-electron chi connectivity index (χ2n) is 3.68. The maximum Gasteiger partial charge on any atom is 0.149 e. The molecule has 2 nitrogen and oxygen atoms in total. The highest BCUT2D eigenvalue weighted by molar-refractivity contribution is 6.30. The second kappa shape index (κ2) is 5.23. The van der Waals surface area contributed by atoms with Crippen molar-refractivity contribution >= 4 is 17.3 Å². The first kappa shape index (κ1) is 12.6. The summed E-state index contributed by atoms with van der Waals surface area (Å²) in [6.45, 7) is -0.0320. The molecule has 0 radical (unpaired) electrons. The van der Waals surface area contributed by atoms with Crippen LogP contribution in [-0.2, 0) is 6.61 Å². The van der Waals surface area contributed by atoms with Crippen LogP contribution in [0.15, 0.2) is 36.4 Å². The molecule has 0 bridgehead atoms. The number of nitrogens with two attached hydrogens (primary N) is 1. The first-order chi connectivity index (χ1) is 8.58. The Balaban J connectivity index is 2.11. The molecule has 0 spiro atoms. The van der Waals surface area contributed by atoms with Crippen LogP contribution in [-0.4, -0.2) is 0 Å². The lowest BCUT2D eigenvalue weighted by atomic mass is 10.2. The molecule has 0 aliphatic rings. The number of rotatable bonds is 3. The molecule has 0 heterocycles. The Kier molecular flexibility index (Phi) is 3.67. The smallest absolute Gasteiger partial charge is 0.149 e. The van der Waals surface area contributed by atoms with Crippen LogP contribution in [0.3, 0.4) is 0 Å². The van der Waals surface area contributed by atoms with Gasteiger partial charge in [-0.05, 0) is 18.2 Å². The highest BCUT2D eigenvalue weighted by Gasteiger charge is 2.07. The maximum absolute atomic E-state index is 13.5. The van der Waals surface area contributed by atoms with Crippen molar-refractivity contribution in [3.05, 3.63) is 58.6 Å². The van der Waals surface area contributed by atoms with Gasteiger partial charge in [-0.15, -0.1) is 0 Å². The number of anilines is 1. The minimum atomic E-state index is -0.570. The van der Waals surface area contributed by atoms with Crippen molar-refractivity contribution in [2.24, 2.45) is 0 Å². The predicted octanol–water partition coefficient (Wildman–Crippen LogP) is 3.78. The van der Waals surface area contributed by atoms with E-state index in [2.05, 4.69) is 0 Å². The third-order valence-corrected chi connectivity index (χ3v) is 2.69. The Hall–Kier alpha value is -1.81. The standard InChI is InChI=1S/C13H10ClF2NO/c14-10-3-1-2-8(13(10)16)7-18-9-4-5-12(17)11(15)6-9/h1-6H,7,17H2. The molecule has 0 atom stereocenters. The lowest BCUT2D eigenvalue weighted by molar-refractivity contribution is 0.298. The summed E-state index contributed by atoms with van der Waals surface area (Å²) >= 11 is 5.63. The third kappa shape index (κ3) is 2.71. The van der Waals surface area contributed by atoms with Crippen molar-refractivity contribution in [3.63, 3.8) is 0 Å². The molecule has 0 saturated heterocycles. The molecule has 2 aromatic rings. The van der Waals surface area contributed by atoms with Crippen LogP contribution >= 0.6 is 11.6 Å². The lowest BCUT2D eigenvalue weighted by Gasteiger charge is -2.08. The number of ether oxygens (including phenoxy) is 1. The second-order valence-corrected chi connectivity index (χ2v) is 4.09. The minimum Gasteiger partial charge on any atom is -0.489 e. The molecule has 0 amide bonds. The zero-order chi connectivity index (χ0) is 13.1. The highest BCUT2D eigenvalue weighted by Crippen LogP contribution is 2.22. The van der Waals surface area contributed by atoms with E-state index in [0.29, 0.717) is 5.56 Å². The first-order valence-corrected chi connectivity index (χ1v) is 5.56. The van der Waals surface area contributed by atoms with Crippen molar-refractivity contribution < 1.29 is 13.5 Å². The van der Waals surface area contributed by atoms with Gasteiger partial charge in [-0.2, -0.15) is 0 Å². The van der Waals surface area contributed by atoms with E-state index in [1.807, 2.05) is 0 Å². The molecule has 18 heavy (non-hydrogen) atoms. The van der Waals surface area contributed by atoms with Gasteiger partial charge in [0.1, 0.15) is 24.0 Å². The van der Waals surface area contributed by atoms with Crippen molar-refractivity contribution in [2.75, 3.05) is 5.73 Å². The number of hydrogen-bond donors (Lipinski definition) is 1. The van der Waals surface area contributed by atoms with E-state index < -0.39 is 11.6 Å². The Bertz CT molecular complexity index is 575. The molecular weight excluding hydrogens is 260 g/mol.